The number of carbonyl (C=O) groups excluding carboxylic acids is 1. The summed E-state index contributed by atoms with van der Waals surface area (Å²) in [6.07, 6.45) is 11.7. The number of unbranched alkanes of at least 4 members (excludes halogenated alkanes) is 6. The fraction of sp³-hybridized carbons (Fsp3) is 0.938. The van der Waals surface area contributed by atoms with Gasteiger partial charge < -0.3 is 10.6 Å². The summed E-state index contributed by atoms with van der Waals surface area (Å²) in [6, 6.07) is 0. The molecule has 0 aromatic heterocycles. The van der Waals surface area contributed by atoms with E-state index in [0.717, 1.165) is 38.8 Å². The Morgan fingerprint density at radius 2 is 1.58 bits per heavy atom. The van der Waals surface area contributed by atoms with Crippen LogP contribution in [-0.4, -0.2) is 29.4 Å². The molecule has 0 aromatic rings. The fourth-order valence-electron chi connectivity index (χ4n) is 2.94. The van der Waals surface area contributed by atoms with Crippen LogP contribution in [0.15, 0.2) is 0 Å². The van der Waals surface area contributed by atoms with Crippen molar-refractivity contribution in [3.8, 4) is 0 Å². The molecule has 0 atom stereocenters. The number of nitrogens with zero attached hydrogens (tertiary/aromatic N) is 1. The summed E-state index contributed by atoms with van der Waals surface area (Å²) in [4.78, 5) is 13.9. The Morgan fingerprint density at radius 1 is 1.00 bits per heavy atom. The van der Waals surface area contributed by atoms with Crippen LogP contribution in [0.2, 0.25) is 0 Å². The van der Waals surface area contributed by atoms with Gasteiger partial charge in [-0.15, -0.1) is 0 Å². The second-order valence-electron chi connectivity index (χ2n) is 6.23. The molecular formula is C16H32N2O. The first-order valence-corrected chi connectivity index (χ1v) is 8.18. The van der Waals surface area contributed by atoms with Crippen LogP contribution in [0, 0.1) is 0 Å². The van der Waals surface area contributed by atoms with Gasteiger partial charge in [-0.25, -0.2) is 0 Å². The number of rotatable bonds is 10. The lowest BCUT2D eigenvalue weighted by Crippen LogP contribution is -2.68. The monoisotopic (exact) mass is 268 g/mol. The minimum Gasteiger partial charge on any atom is -0.339 e. The molecule has 1 aliphatic heterocycles. The molecule has 1 saturated heterocycles. The molecule has 19 heavy (non-hydrogen) atoms. The lowest BCUT2D eigenvalue weighted by atomic mass is 9.86. The summed E-state index contributed by atoms with van der Waals surface area (Å²) in [6.45, 7) is 5.94. The van der Waals surface area contributed by atoms with E-state index in [9.17, 15) is 4.79 Å². The molecule has 1 heterocycles. The van der Waals surface area contributed by atoms with Crippen molar-refractivity contribution in [2.75, 3.05) is 13.1 Å². The summed E-state index contributed by atoms with van der Waals surface area (Å²) in [5.41, 5.74) is 6.09. The van der Waals surface area contributed by atoms with Gasteiger partial charge in [0.2, 0.25) is 5.91 Å². The molecule has 2 N–H and O–H groups in total. The van der Waals surface area contributed by atoms with Gasteiger partial charge in [0.25, 0.3) is 0 Å². The van der Waals surface area contributed by atoms with E-state index in [1.54, 1.807) is 0 Å². The standard InChI is InChI=1S/C16H32N2O/c1-3-5-6-7-8-9-10-11-15(19)18-13-16(17,14-18)12-4-2/h3-14,17H2,1-2H3. The lowest BCUT2D eigenvalue weighted by molar-refractivity contribution is -0.139. The Labute approximate surface area is 118 Å². The van der Waals surface area contributed by atoms with Gasteiger partial charge in [0.1, 0.15) is 0 Å². The van der Waals surface area contributed by atoms with Crippen LogP contribution in [0.5, 0.6) is 0 Å². The molecule has 1 amide bonds. The minimum atomic E-state index is -0.0788. The van der Waals surface area contributed by atoms with Gasteiger partial charge in [0.05, 0.1) is 5.54 Å². The van der Waals surface area contributed by atoms with Crippen LogP contribution in [0.3, 0.4) is 0 Å². The number of hydrogen-bond donors (Lipinski definition) is 1. The summed E-state index contributed by atoms with van der Waals surface area (Å²) < 4.78 is 0. The van der Waals surface area contributed by atoms with Crippen LogP contribution in [-0.2, 0) is 4.79 Å². The largest absolute Gasteiger partial charge is 0.339 e. The van der Waals surface area contributed by atoms with E-state index in [1.807, 2.05) is 4.90 Å². The van der Waals surface area contributed by atoms with Crippen molar-refractivity contribution in [3.63, 3.8) is 0 Å². The van der Waals surface area contributed by atoms with Gasteiger partial charge in [-0.05, 0) is 12.8 Å². The van der Waals surface area contributed by atoms with Gasteiger partial charge in [0, 0.05) is 19.5 Å². The number of hydrogen-bond acceptors (Lipinski definition) is 2. The van der Waals surface area contributed by atoms with Gasteiger partial charge >= 0.3 is 0 Å². The van der Waals surface area contributed by atoms with Crippen molar-refractivity contribution < 1.29 is 4.79 Å². The molecule has 0 spiro atoms. The highest BCUT2D eigenvalue weighted by molar-refractivity contribution is 5.77. The topological polar surface area (TPSA) is 46.3 Å². The van der Waals surface area contributed by atoms with Crippen molar-refractivity contribution in [2.45, 2.75) is 83.6 Å². The van der Waals surface area contributed by atoms with Crippen molar-refractivity contribution in [3.05, 3.63) is 0 Å². The Bertz CT molecular complexity index is 259. The molecule has 112 valence electrons. The second kappa shape index (κ2) is 8.57. The van der Waals surface area contributed by atoms with Crippen LogP contribution >= 0.6 is 0 Å². The molecule has 3 nitrogen and oxygen atoms in total. The molecule has 1 aliphatic rings. The first kappa shape index (κ1) is 16.5. The van der Waals surface area contributed by atoms with E-state index >= 15 is 0 Å². The van der Waals surface area contributed by atoms with E-state index < -0.39 is 0 Å². The SMILES string of the molecule is CCCCCCCCCC(=O)N1CC(N)(CCC)C1. The Kier molecular flexibility index (Phi) is 7.44. The van der Waals surface area contributed by atoms with E-state index in [-0.39, 0.29) is 5.54 Å². The van der Waals surface area contributed by atoms with Crippen LogP contribution < -0.4 is 5.73 Å². The van der Waals surface area contributed by atoms with E-state index in [4.69, 9.17) is 5.73 Å². The van der Waals surface area contributed by atoms with Gasteiger partial charge in [-0.2, -0.15) is 0 Å². The summed E-state index contributed by atoms with van der Waals surface area (Å²) in [5, 5.41) is 0. The van der Waals surface area contributed by atoms with Crippen molar-refractivity contribution >= 4 is 5.91 Å². The van der Waals surface area contributed by atoms with Gasteiger partial charge in [-0.3, -0.25) is 4.79 Å². The maximum atomic E-state index is 11.9. The molecule has 0 aromatic carbocycles. The molecule has 0 bridgehead atoms. The minimum absolute atomic E-state index is 0.0788. The second-order valence-corrected chi connectivity index (χ2v) is 6.23. The zero-order valence-corrected chi connectivity index (χ0v) is 12.9. The first-order valence-electron chi connectivity index (χ1n) is 8.18. The molecule has 0 saturated carbocycles. The fourth-order valence-corrected chi connectivity index (χ4v) is 2.94. The lowest BCUT2D eigenvalue weighted by Gasteiger charge is -2.48. The van der Waals surface area contributed by atoms with Crippen molar-refractivity contribution in [1.82, 2.24) is 4.90 Å². The quantitative estimate of drug-likeness (QED) is 0.617. The number of carbonyl (C=O) groups is 1. The maximum Gasteiger partial charge on any atom is 0.222 e. The number of amides is 1. The predicted octanol–water partition coefficient (Wildman–Crippen LogP) is 3.47. The average Bonchev–Trinajstić information content (AvgIpc) is 2.34. The van der Waals surface area contributed by atoms with Crippen LogP contribution in [0.25, 0.3) is 0 Å². The predicted molar refractivity (Wildman–Crippen MR) is 81.0 cm³/mol. The van der Waals surface area contributed by atoms with E-state index in [0.29, 0.717) is 5.91 Å². The number of nitrogens with two attached hydrogens (primary N) is 1. The summed E-state index contributed by atoms with van der Waals surface area (Å²) in [5.74, 6) is 0.311. The number of likely N-dealkylation sites (tertiary alicyclic amines) is 1. The third-order valence-electron chi connectivity index (χ3n) is 4.11. The molecule has 1 rings (SSSR count). The molecule has 0 unspecified atom stereocenters. The first-order chi connectivity index (χ1) is 9.11. The Hall–Kier alpha value is -0.570. The molecular weight excluding hydrogens is 236 g/mol. The molecule has 0 radical (unpaired) electrons. The summed E-state index contributed by atoms with van der Waals surface area (Å²) in [7, 11) is 0. The highest BCUT2D eigenvalue weighted by Gasteiger charge is 2.40. The van der Waals surface area contributed by atoms with Crippen LogP contribution in [0.4, 0.5) is 0 Å². The maximum absolute atomic E-state index is 11.9. The highest BCUT2D eigenvalue weighted by Crippen LogP contribution is 2.24. The van der Waals surface area contributed by atoms with Gasteiger partial charge in [-0.1, -0.05) is 58.8 Å². The van der Waals surface area contributed by atoms with Gasteiger partial charge in [0.15, 0.2) is 0 Å². The Morgan fingerprint density at radius 3 is 2.16 bits per heavy atom. The highest BCUT2D eigenvalue weighted by atomic mass is 16.2. The van der Waals surface area contributed by atoms with Crippen LogP contribution in [0.1, 0.15) is 78.1 Å². The van der Waals surface area contributed by atoms with Crippen molar-refractivity contribution in [2.24, 2.45) is 5.73 Å². The average molecular weight is 268 g/mol. The van der Waals surface area contributed by atoms with E-state index in [2.05, 4.69) is 13.8 Å². The Balaban J connectivity index is 1.98. The third kappa shape index (κ3) is 5.94. The third-order valence-corrected chi connectivity index (χ3v) is 4.11. The zero-order chi connectivity index (χ0) is 14.1. The smallest absolute Gasteiger partial charge is 0.222 e. The molecule has 0 aliphatic carbocycles. The normalized spacial score (nSPS) is 17.3. The molecule has 1 fully saturated rings. The summed E-state index contributed by atoms with van der Waals surface area (Å²) >= 11 is 0. The zero-order valence-electron chi connectivity index (χ0n) is 12.9. The van der Waals surface area contributed by atoms with E-state index in [1.165, 1.54) is 38.5 Å². The molecule has 3 heteroatoms. The van der Waals surface area contributed by atoms with Crippen molar-refractivity contribution in [1.29, 1.82) is 0 Å².